The summed E-state index contributed by atoms with van der Waals surface area (Å²) in [6, 6.07) is 0. The van der Waals surface area contributed by atoms with Crippen molar-refractivity contribution < 1.29 is 64.6 Å². The Bertz CT molecular complexity index is 1480. The van der Waals surface area contributed by atoms with Crippen LogP contribution >= 0.6 is 0 Å². The molecule has 0 amide bonds. The number of fused-ring (bicyclic) bond motifs is 7. The van der Waals surface area contributed by atoms with E-state index in [1.165, 1.54) is 5.57 Å². The van der Waals surface area contributed by atoms with Crippen molar-refractivity contribution in [2.45, 2.75) is 180 Å². The van der Waals surface area contributed by atoms with E-state index in [9.17, 15) is 45.6 Å². The Labute approximate surface area is 325 Å². The van der Waals surface area contributed by atoms with E-state index >= 15 is 0 Å². The second-order valence-corrected chi connectivity index (χ2v) is 20.7. The quantitative estimate of drug-likeness (QED) is 0.138. The van der Waals surface area contributed by atoms with E-state index in [4.69, 9.17) is 18.9 Å². The van der Waals surface area contributed by atoms with E-state index in [-0.39, 0.29) is 45.0 Å². The van der Waals surface area contributed by atoms with Crippen molar-refractivity contribution in [1.29, 1.82) is 0 Å². The molecule has 2 heterocycles. The maximum atomic E-state index is 13.0. The minimum absolute atomic E-state index is 0.0134. The van der Waals surface area contributed by atoms with Gasteiger partial charge in [0.15, 0.2) is 12.6 Å². The van der Waals surface area contributed by atoms with Gasteiger partial charge in [0.1, 0.15) is 48.8 Å². The molecule has 0 aromatic carbocycles. The van der Waals surface area contributed by atoms with Crippen LogP contribution in [0.5, 0.6) is 0 Å². The van der Waals surface area contributed by atoms with E-state index in [0.29, 0.717) is 12.3 Å². The van der Waals surface area contributed by atoms with E-state index in [1.54, 1.807) is 0 Å². The lowest BCUT2D eigenvalue weighted by Crippen LogP contribution is -2.67. The highest BCUT2D eigenvalue weighted by atomic mass is 16.7. The molecule has 13 heteroatoms. The van der Waals surface area contributed by atoms with Crippen molar-refractivity contribution >= 4 is 5.97 Å². The average Bonchev–Trinajstić information content (AvgIpc) is 3.12. The number of aliphatic hydroxyl groups excluding tert-OH is 7. The predicted octanol–water partition coefficient (Wildman–Crippen LogP) is 2.88. The molecule has 0 aromatic rings. The summed E-state index contributed by atoms with van der Waals surface area (Å²) in [7, 11) is 0. The predicted molar refractivity (Wildman–Crippen MR) is 198 cm³/mol. The van der Waals surface area contributed by atoms with Gasteiger partial charge >= 0.3 is 5.97 Å². The molecule has 8 N–H and O–H groups in total. The molecule has 7 aliphatic rings. The highest BCUT2D eigenvalue weighted by Gasteiger charge is 2.69. The number of hydrogen-bond donors (Lipinski definition) is 8. The largest absolute Gasteiger partial charge is 0.481 e. The Hall–Kier alpha value is -1.23. The summed E-state index contributed by atoms with van der Waals surface area (Å²) in [5, 5.41) is 84.4. The first kappa shape index (κ1) is 41.9. The Kier molecular flexibility index (Phi) is 10.8. The number of carboxylic acid groups (broad SMARTS) is 1. The van der Waals surface area contributed by atoms with Crippen molar-refractivity contribution in [3.05, 3.63) is 11.6 Å². The fraction of sp³-hybridized carbons (Fsp3) is 0.929. The first-order valence-electron chi connectivity index (χ1n) is 20.8. The first-order chi connectivity index (χ1) is 25.6. The van der Waals surface area contributed by atoms with Gasteiger partial charge in [-0.2, -0.15) is 0 Å². The normalized spacial score (nSPS) is 53.2. The SMILES string of the molecule is CC1(C)CC[C@]2(C(=O)O)CC[C@]3(C)C(=CCC4[C@@]5(C)CC[C@H](O[C@H]6O[C@H](CO)[C@@H](O)[C@H](O[C@@H]7O[C@H](CO)[C@@H](O)[C@H](O)[C@H]7O)[C@H]6O)C(C)(C)C5CC[C@]43C)[C@@H]2C1. The number of aliphatic carboxylic acids is 1. The van der Waals surface area contributed by atoms with E-state index < -0.39 is 86.0 Å². The second kappa shape index (κ2) is 14.2. The zero-order chi connectivity index (χ0) is 40.3. The van der Waals surface area contributed by atoms with Crippen LogP contribution in [0.4, 0.5) is 0 Å². The number of allylic oxidation sites excluding steroid dienone is 2. The Morgan fingerprint density at radius 3 is 1.98 bits per heavy atom. The molecule has 18 atom stereocenters. The van der Waals surface area contributed by atoms with Crippen LogP contribution in [-0.4, -0.2) is 128 Å². The van der Waals surface area contributed by atoms with Crippen molar-refractivity contribution in [2.24, 2.45) is 50.2 Å². The molecule has 7 rings (SSSR count). The third-order valence-corrected chi connectivity index (χ3v) is 17.3. The van der Waals surface area contributed by atoms with Gasteiger partial charge in [0, 0.05) is 0 Å². The van der Waals surface area contributed by atoms with Crippen LogP contribution in [0.25, 0.3) is 0 Å². The standard InChI is InChI=1S/C42H68O13/c1-37(2)14-16-42(36(50)51)17-15-40(6)21(22(42)18-37)8-9-26-39(5)12-11-27(38(3,4)25(39)10-13-41(26,40)7)54-35-32(49)33(29(46)24(20-44)53-35)55-34-31(48)30(47)28(45)23(19-43)52-34/h8,22-35,43-49H,9-20H2,1-7H3,(H,50,51)/t22-,23+,24+,25?,26?,27-,28+,29+,30-,31+,32+,33-,34-,35+,39-,40+,41+,42-/m0/s1. The minimum atomic E-state index is -1.75. The molecule has 0 aromatic heterocycles. The van der Waals surface area contributed by atoms with Crippen LogP contribution in [0.2, 0.25) is 0 Å². The number of rotatable bonds is 7. The molecule has 5 aliphatic carbocycles. The van der Waals surface area contributed by atoms with Crippen molar-refractivity contribution in [2.75, 3.05) is 13.2 Å². The van der Waals surface area contributed by atoms with Gasteiger partial charge in [-0.3, -0.25) is 4.79 Å². The van der Waals surface area contributed by atoms with Crippen LogP contribution in [0.15, 0.2) is 11.6 Å². The van der Waals surface area contributed by atoms with Crippen LogP contribution in [0, 0.1) is 50.2 Å². The zero-order valence-electron chi connectivity index (χ0n) is 33.8. The van der Waals surface area contributed by atoms with Crippen LogP contribution < -0.4 is 0 Å². The molecule has 0 radical (unpaired) electrons. The fourth-order valence-electron chi connectivity index (χ4n) is 13.7. The highest BCUT2D eigenvalue weighted by Crippen LogP contribution is 2.76. The van der Waals surface area contributed by atoms with Crippen molar-refractivity contribution in [3.8, 4) is 0 Å². The van der Waals surface area contributed by atoms with E-state index in [0.717, 1.165) is 57.8 Å². The molecular weight excluding hydrogens is 712 g/mol. The van der Waals surface area contributed by atoms with Gasteiger partial charge in [0.2, 0.25) is 0 Å². The third kappa shape index (κ3) is 6.23. The fourth-order valence-corrected chi connectivity index (χ4v) is 13.7. The molecule has 6 fully saturated rings. The van der Waals surface area contributed by atoms with E-state index in [1.807, 2.05) is 0 Å². The molecule has 2 saturated heterocycles. The first-order valence-corrected chi connectivity index (χ1v) is 20.8. The summed E-state index contributed by atoms with van der Waals surface area (Å²) in [5.74, 6) is 0.0564. The lowest BCUT2D eigenvalue weighted by Gasteiger charge is -2.71. The molecule has 4 saturated carbocycles. The summed E-state index contributed by atoms with van der Waals surface area (Å²) in [4.78, 5) is 13.0. The summed E-state index contributed by atoms with van der Waals surface area (Å²) in [6.07, 6.45) is -4.35. The molecular formula is C42H68O13. The highest BCUT2D eigenvalue weighted by molar-refractivity contribution is 5.76. The maximum absolute atomic E-state index is 13.0. The monoisotopic (exact) mass is 780 g/mol. The van der Waals surface area contributed by atoms with Crippen LogP contribution in [0.3, 0.4) is 0 Å². The van der Waals surface area contributed by atoms with Gasteiger partial charge in [0.25, 0.3) is 0 Å². The number of aliphatic hydroxyl groups is 7. The van der Waals surface area contributed by atoms with Gasteiger partial charge in [-0.25, -0.2) is 0 Å². The summed E-state index contributed by atoms with van der Waals surface area (Å²) in [6.45, 7) is 15.1. The summed E-state index contributed by atoms with van der Waals surface area (Å²) in [5.41, 5.74) is 0.283. The summed E-state index contributed by atoms with van der Waals surface area (Å²) >= 11 is 0. The van der Waals surface area contributed by atoms with Crippen molar-refractivity contribution in [1.82, 2.24) is 0 Å². The Morgan fingerprint density at radius 2 is 1.35 bits per heavy atom. The third-order valence-electron chi connectivity index (χ3n) is 17.3. The Balaban J connectivity index is 1.12. The molecule has 2 unspecified atom stereocenters. The zero-order valence-corrected chi connectivity index (χ0v) is 33.8. The van der Waals surface area contributed by atoms with Gasteiger partial charge < -0.3 is 59.8 Å². The van der Waals surface area contributed by atoms with Crippen LogP contribution in [-0.2, 0) is 23.7 Å². The van der Waals surface area contributed by atoms with Crippen molar-refractivity contribution in [3.63, 3.8) is 0 Å². The number of hydrogen-bond acceptors (Lipinski definition) is 12. The van der Waals surface area contributed by atoms with Gasteiger partial charge in [0.05, 0.1) is 24.7 Å². The molecule has 13 nitrogen and oxygen atoms in total. The maximum Gasteiger partial charge on any atom is 0.310 e. The second-order valence-electron chi connectivity index (χ2n) is 20.7. The molecule has 0 bridgehead atoms. The smallest absolute Gasteiger partial charge is 0.310 e. The van der Waals surface area contributed by atoms with E-state index in [2.05, 4.69) is 54.5 Å². The number of carboxylic acids is 1. The lowest BCUT2D eigenvalue weighted by molar-refractivity contribution is -0.369. The lowest BCUT2D eigenvalue weighted by atomic mass is 9.33. The van der Waals surface area contributed by atoms with Gasteiger partial charge in [-0.1, -0.05) is 60.1 Å². The molecule has 314 valence electrons. The number of ether oxygens (including phenoxy) is 4. The topological polar surface area (TPSA) is 216 Å². The molecule has 55 heavy (non-hydrogen) atoms. The molecule has 0 spiro atoms. The average molecular weight is 781 g/mol. The number of carbonyl (C=O) groups is 1. The van der Waals surface area contributed by atoms with Gasteiger partial charge in [-0.05, 0) is 109 Å². The Morgan fingerprint density at radius 1 is 0.727 bits per heavy atom. The van der Waals surface area contributed by atoms with Gasteiger partial charge in [-0.15, -0.1) is 0 Å². The minimum Gasteiger partial charge on any atom is -0.481 e. The summed E-state index contributed by atoms with van der Waals surface area (Å²) < 4.78 is 24.0. The molecule has 2 aliphatic heterocycles. The van der Waals surface area contributed by atoms with Crippen LogP contribution in [0.1, 0.15) is 113 Å².